The summed E-state index contributed by atoms with van der Waals surface area (Å²) in [5, 5.41) is 8.72. The smallest absolute Gasteiger partial charge is 0.244 e. The Hall–Kier alpha value is -4.12. The molecule has 0 aliphatic rings. The van der Waals surface area contributed by atoms with E-state index in [1.54, 1.807) is 24.3 Å². The van der Waals surface area contributed by atoms with Crippen LogP contribution in [0.4, 0.5) is 10.2 Å². The SMILES string of the molecule is NC(=CC(=NCc1ccccc1F)c1ccon1)c1nccc(NC(=O)CNC(=O)CCl)n1. The number of hydrogen-bond acceptors (Lipinski definition) is 8. The summed E-state index contributed by atoms with van der Waals surface area (Å²) < 4.78 is 18.8. The first-order valence-electron chi connectivity index (χ1n) is 9.58. The molecule has 12 heteroatoms. The maximum Gasteiger partial charge on any atom is 0.244 e. The second-order valence-corrected chi connectivity index (χ2v) is 6.77. The third-order valence-electron chi connectivity index (χ3n) is 4.12. The molecule has 2 aromatic heterocycles. The Labute approximate surface area is 192 Å². The van der Waals surface area contributed by atoms with Crippen LogP contribution in [0.25, 0.3) is 5.70 Å². The van der Waals surface area contributed by atoms with Gasteiger partial charge in [0.2, 0.25) is 11.8 Å². The third-order valence-corrected chi connectivity index (χ3v) is 4.36. The normalized spacial score (nSPS) is 11.8. The molecule has 3 rings (SSSR count). The Morgan fingerprint density at radius 1 is 1.21 bits per heavy atom. The first-order chi connectivity index (χ1) is 16.0. The molecule has 4 N–H and O–H groups in total. The summed E-state index contributed by atoms with van der Waals surface area (Å²) in [7, 11) is 0. The van der Waals surface area contributed by atoms with Gasteiger partial charge in [0.05, 0.1) is 24.5 Å². The molecule has 0 aliphatic carbocycles. The van der Waals surface area contributed by atoms with Crippen molar-refractivity contribution in [1.82, 2.24) is 20.4 Å². The van der Waals surface area contributed by atoms with Crippen molar-refractivity contribution in [2.24, 2.45) is 10.7 Å². The molecule has 33 heavy (non-hydrogen) atoms. The van der Waals surface area contributed by atoms with Gasteiger partial charge < -0.3 is 20.9 Å². The molecule has 0 unspecified atom stereocenters. The molecule has 0 saturated carbocycles. The number of nitrogens with one attached hydrogen (secondary N) is 2. The number of amides is 2. The van der Waals surface area contributed by atoms with Gasteiger partial charge in [-0.15, -0.1) is 11.6 Å². The van der Waals surface area contributed by atoms with E-state index in [4.69, 9.17) is 21.9 Å². The van der Waals surface area contributed by atoms with Crippen LogP contribution in [-0.2, 0) is 16.1 Å². The molecule has 1 aromatic carbocycles. The van der Waals surface area contributed by atoms with Crippen molar-refractivity contribution in [3.63, 3.8) is 0 Å². The number of carbonyl (C=O) groups excluding carboxylic acids is 2. The zero-order valence-electron chi connectivity index (χ0n) is 17.2. The number of benzene rings is 1. The second-order valence-electron chi connectivity index (χ2n) is 6.50. The monoisotopic (exact) mass is 471 g/mol. The van der Waals surface area contributed by atoms with Crippen LogP contribution < -0.4 is 16.4 Å². The van der Waals surface area contributed by atoms with Gasteiger partial charge in [-0.25, -0.2) is 14.4 Å². The number of nitrogens with zero attached hydrogens (tertiary/aromatic N) is 4. The first kappa shape index (κ1) is 23.5. The average molecular weight is 472 g/mol. The van der Waals surface area contributed by atoms with Crippen molar-refractivity contribution in [2.75, 3.05) is 17.7 Å². The Morgan fingerprint density at radius 3 is 2.76 bits per heavy atom. The van der Waals surface area contributed by atoms with Crippen molar-refractivity contribution in [1.29, 1.82) is 0 Å². The highest BCUT2D eigenvalue weighted by Gasteiger charge is 2.11. The number of carbonyl (C=O) groups is 2. The number of halogens is 2. The quantitative estimate of drug-likeness (QED) is 0.318. The summed E-state index contributed by atoms with van der Waals surface area (Å²) in [6, 6.07) is 9.31. The third kappa shape index (κ3) is 6.94. The topological polar surface area (TPSA) is 148 Å². The summed E-state index contributed by atoms with van der Waals surface area (Å²) in [6.45, 7) is -0.223. The van der Waals surface area contributed by atoms with Crippen LogP contribution in [0.5, 0.6) is 0 Å². The van der Waals surface area contributed by atoms with Crippen LogP contribution in [0.2, 0.25) is 0 Å². The number of alkyl halides is 1. The van der Waals surface area contributed by atoms with Crippen molar-refractivity contribution in [3.05, 3.63) is 77.8 Å². The van der Waals surface area contributed by atoms with E-state index in [0.29, 0.717) is 17.0 Å². The van der Waals surface area contributed by atoms with Gasteiger partial charge >= 0.3 is 0 Å². The lowest BCUT2D eigenvalue weighted by atomic mass is 10.2. The van der Waals surface area contributed by atoms with E-state index in [1.807, 2.05) is 0 Å². The molecule has 170 valence electrons. The second kappa shape index (κ2) is 11.5. The minimum absolute atomic E-state index is 0.0453. The van der Waals surface area contributed by atoms with Gasteiger partial charge in [-0.3, -0.25) is 14.6 Å². The predicted molar refractivity (Wildman–Crippen MR) is 120 cm³/mol. The number of rotatable bonds is 9. The molecule has 0 aliphatic heterocycles. The Balaban J connectivity index is 1.79. The highest BCUT2D eigenvalue weighted by atomic mass is 35.5. The largest absolute Gasteiger partial charge is 0.396 e. The summed E-state index contributed by atoms with van der Waals surface area (Å²) in [6.07, 6.45) is 4.25. The maximum atomic E-state index is 14.0. The number of anilines is 1. The molecule has 10 nitrogen and oxygen atoms in total. The van der Waals surface area contributed by atoms with Gasteiger partial charge in [-0.05, 0) is 18.2 Å². The summed E-state index contributed by atoms with van der Waals surface area (Å²) in [5.41, 5.74) is 7.38. The number of nitrogens with two attached hydrogens (primary N) is 1. The van der Waals surface area contributed by atoms with E-state index in [2.05, 4.69) is 30.8 Å². The Morgan fingerprint density at radius 2 is 2.03 bits per heavy atom. The number of aliphatic imine (C=N–C) groups is 1. The zero-order chi connectivity index (χ0) is 23.6. The van der Waals surface area contributed by atoms with Gasteiger partial charge in [0, 0.05) is 17.8 Å². The lowest BCUT2D eigenvalue weighted by Crippen LogP contribution is -2.33. The van der Waals surface area contributed by atoms with Crippen molar-refractivity contribution in [2.45, 2.75) is 6.54 Å². The molecule has 0 bridgehead atoms. The average Bonchev–Trinajstić information content (AvgIpc) is 3.36. The highest BCUT2D eigenvalue weighted by Crippen LogP contribution is 2.12. The van der Waals surface area contributed by atoms with Gasteiger partial charge in [-0.1, -0.05) is 23.4 Å². The van der Waals surface area contributed by atoms with Crippen LogP contribution in [-0.4, -0.2) is 45.1 Å². The van der Waals surface area contributed by atoms with Crippen molar-refractivity contribution in [3.8, 4) is 0 Å². The van der Waals surface area contributed by atoms with Crippen molar-refractivity contribution < 1.29 is 18.5 Å². The summed E-state index contributed by atoms with van der Waals surface area (Å²) in [4.78, 5) is 35.8. The Kier molecular flexibility index (Phi) is 8.19. The van der Waals surface area contributed by atoms with E-state index >= 15 is 0 Å². The predicted octanol–water partition coefficient (Wildman–Crippen LogP) is 1.89. The molecule has 0 radical (unpaired) electrons. The van der Waals surface area contributed by atoms with E-state index in [-0.39, 0.29) is 42.1 Å². The fourth-order valence-corrected chi connectivity index (χ4v) is 2.63. The zero-order valence-corrected chi connectivity index (χ0v) is 17.9. The molecule has 3 aromatic rings. The highest BCUT2D eigenvalue weighted by molar-refractivity contribution is 6.27. The molecular formula is C21H19ClFN7O3. The van der Waals surface area contributed by atoms with Crippen LogP contribution >= 0.6 is 11.6 Å². The fourth-order valence-electron chi connectivity index (χ4n) is 2.53. The standard InChI is InChI=1S/C21H19ClFN7O3/c22-10-19(31)27-12-20(32)28-18-5-7-25-21(29-18)15(24)9-17(16-6-8-33-30-16)26-11-13-3-1-2-4-14(13)23/h1-9H,10-12,24H2,(H,27,31)(H,25,28,29,32). The first-order valence-corrected chi connectivity index (χ1v) is 10.1. The molecule has 0 fully saturated rings. The molecular weight excluding hydrogens is 453 g/mol. The van der Waals surface area contributed by atoms with Crippen molar-refractivity contribution >= 4 is 40.6 Å². The lowest BCUT2D eigenvalue weighted by molar-refractivity contribution is -0.122. The number of hydrogen-bond donors (Lipinski definition) is 3. The van der Waals surface area contributed by atoms with Crippen LogP contribution in [0, 0.1) is 5.82 Å². The van der Waals surface area contributed by atoms with Gasteiger partial charge in [0.1, 0.15) is 29.5 Å². The molecule has 0 spiro atoms. The Bertz CT molecular complexity index is 1180. The van der Waals surface area contributed by atoms with Gasteiger partial charge in [0.25, 0.3) is 0 Å². The van der Waals surface area contributed by atoms with E-state index in [1.165, 1.54) is 30.7 Å². The lowest BCUT2D eigenvalue weighted by Gasteiger charge is -2.07. The van der Waals surface area contributed by atoms with Gasteiger partial charge in [-0.2, -0.15) is 0 Å². The molecule has 2 amide bonds. The molecule has 2 heterocycles. The molecule has 0 atom stereocenters. The van der Waals surface area contributed by atoms with Gasteiger partial charge in [0.15, 0.2) is 5.82 Å². The van der Waals surface area contributed by atoms with E-state index in [0.717, 1.165) is 0 Å². The van der Waals surface area contributed by atoms with E-state index < -0.39 is 11.8 Å². The van der Waals surface area contributed by atoms with E-state index in [9.17, 15) is 14.0 Å². The fraction of sp³-hybridized carbons (Fsp3) is 0.143. The minimum Gasteiger partial charge on any atom is -0.396 e. The number of allylic oxidation sites excluding steroid dienone is 1. The van der Waals surface area contributed by atoms with Crippen LogP contribution in [0.1, 0.15) is 17.1 Å². The van der Waals surface area contributed by atoms with Crippen LogP contribution in [0.3, 0.4) is 0 Å². The van der Waals surface area contributed by atoms with Crippen LogP contribution in [0.15, 0.2) is 64.4 Å². The number of aromatic nitrogens is 3. The maximum absolute atomic E-state index is 14.0. The molecule has 0 saturated heterocycles. The summed E-state index contributed by atoms with van der Waals surface area (Å²) >= 11 is 5.37. The summed E-state index contributed by atoms with van der Waals surface area (Å²) in [5.74, 6) is -1.33. The minimum atomic E-state index is -0.504.